The number of carbonyl (C=O) groups is 2. The van der Waals surface area contributed by atoms with E-state index in [-0.39, 0.29) is 37.2 Å². The van der Waals surface area contributed by atoms with Crippen LogP contribution in [0.1, 0.15) is 133 Å². The summed E-state index contributed by atoms with van der Waals surface area (Å²) in [6.07, 6.45) is -3.20. The normalized spacial score (nSPS) is 36.5. The monoisotopic (exact) mass is 1110 g/mol. The maximum Gasteiger partial charge on any atom is 0.311 e. The first kappa shape index (κ1) is 64.0. The van der Waals surface area contributed by atoms with E-state index in [1.54, 1.807) is 53.7 Å². The predicted octanol–water partition coefficient (Wildman–Crippen LogP) is 5.90. The first-order valence-corrected chi connectivity index (χ1v) is 28.6. The predicted molar refractivity (Wildman–Crippen MR) is 300 cm³/mol. The molecule has 3 aliphatic rings. The number of para-hydroxylation sites is 2. The van der Waals surface area contributed by atoms with E-state index in [1.165, 1.54) is 14.0 Å². The average Bonchev–Trinajstić information content (AvgIpc) is 3.88. The van der Waals surface area contributed by atoms with Crippen LogP contribution in [-0.2, 0) is 51.1 Å². The Labute approximate surface area is 468 Å². The topological polar surface area (TPSA) is 266 Å². The van der Waals surface area contributed by atoms with E-state index in [1.807, 2.05) is 87.0 Å². The Morgan fingerprint density at radius 1 is 0.924 bits per heavy atom. The summed E-state index contributed by atoms with van der Waals surface area (Å²) in [4.78, 5) is 30.9. The van der Waals surface area contributed by atoms with E-state index in [0.29, 0.717) is 43.9 Å². The maximum atomic E-state index is 14.5. The summed E-state index contributed by atoms with van der Waals surface area (Å²) in [6, 6.07) is 14.3. The minimum atomic E-state index is -1.84. The summed E-state index contributed by atoms with van der Waals surface area (Å²) >= 11 is 0. The van der Waals surface area contributed by atoms with Gasteiger partial charge in [0.15, 0.2) is 12.6 Å². The number of nitrogen functional groups attached to an aromatic ring is 1. The van der Waals surface area contributed by atoms with Crippen molar-refractivity contribution in [1.82, 2.24) is 24.8 Å². The zero-order valence-corrected chi connectivity index (χ0v) is 49.2. The first-order valence-electron chi connectivity index (χ1n) is 28.6. The molecule has 1 aromatic heterocycles. The minimum absolute atomic E-state index is 0.0459. The van der Waals surface area contributed by atoms with Crippen molar-refractivity contribution in [3.8, 4) is 11.3 Å². The molecule has 1 amide bonds. The zero-order valence-electron chi connectivity index (χ0n) is 49.2. The number of benzene rings is 2. The third-order valence-corrected chi connectivity index (χ3v) is 17.1. The van der Waals surface area contributed by atoms with E-state index in [2.05, 4.69) is 20.5 Å². The number of aromatic nitrogens is 3. The Bertz CT molecular complexity index is 2390. The van der Waals surface area contributed by atoms with E-state index in [9.17, 15) is 35.1 Å². The van der Waals surface area contributed by atoms with Crippen molar-refractivity contribution in [2.45, 2.75) is 230 Å². The molecule has 18 atom stereocenters. The number of likely N-dealkylation sites (N-methyl/N-ethyl adjacent to an activating group) is 2. The smallest absolute Gasteiger partial charge is 0.311 e. The number of methoxy groups -OCH3 is 1. The van der Waals surface area contributed by atoms with Gasteiger partial charge in [-0.05, 0) is 118 Å². The number of nitrogens with zero attached hydrogens (tertiary/aromatic N) is 5. The summed E-state index contributed by atoms with van der Waals surface area (Å²) in [5.74, 6) is -2.84. The van der Waals surface area contributed by atoms with Gasteiger partial charge in [0.1, 0.15) is 35.7 Å². The highest BCUT2D eigenvalue weighted by Crippen LogP contribution is 2.40. The number of hydrogen-bond acceptors (Lipinski definition) is 18. The quantitative estimate of drug-likeness (QED) is 0.0444. The number of unbranched alkanes of at least 4 members (excludes halogenated alkanes) is 3. The highest BCUT2D eigenvalue weighted by Gasteiger charge is 2.53. The summed E-state index contributed by atoms with van der Waals surface area (Å²) < 4.78 is 40.3. The number of carbonyl (C=O) groups excluding carboxylic acids is 2. The van der Waals surface area contributed by atoms with Crippen molar-refractivity contribution in [2.24, 2.45) is 17.8 Å². The van der Waals surface area contributed by atoms with Gasteiger partial charge in [0.25, 0.3) is 0 Å². The lowest BCUT2D eigenvalue weighted by Gasteiger charge is -2.49. The largest absolute Gasteiger partial charge is 0.459 e. The maximum absolute atomic E-state index is 14.5. The number of aryl methyl sites for hydroxylation is 1. The van der Waals surface area contributed by atoms with Crippen LogP contribution in [0, 0.1) is 17.8 Å². The van der Waals surface area contributed by atoms with Gasteiger partial charge in [-0.25, -0.2) is 0 Å². The summed E-state index contributed by atoms with van der Waals surface area (Å²) in [7, 11) is 5.30. The zero-order chi connectivity index (χ0) is 58.1. The number of nitrogens with one attached hydrogen (secondary N) is 1. The fraction of sp³-hybridized carbons (Fsp3) is 0.729. The van der Waals surface area contributed by atoms with Gasteiger partial charge in [-0.2, -0.15) is 0 Å². The number of aliphatic hydroxyl groups is 5. The summed E-state index contributed by atoms with van der Waals surface area (Å²) in [6.45, 7) is 19.2. The third-order valence-electron chi connectivity index (χ3n) is 17.1. The van der Waals surface area contributed by atoms with Gasteiger partial charge >= 0.3 is 5.97 Å². The molecule has 0 spiro atoms. The van der Waals surface area contributed by atoms with Crippen LogP contribution in [0.4, 0.5) is 11.4 Å². The molecule has 3 aromatic rings. The lowest BCUT2D eigenvalue weighted by molar-refractivity contribution is -0.318. The number of nitrogens with two attached hydrogens (primary N) is 1. The molecule has 4 heterocycles. The van der Waals surface area contributed by atoms with Crippen molar-refractivity contribution < 1.29 is 63.5 Å². The molecule has 3 aliphatic heterocycles. The summed E-state index contributed by atoms with van der Waals surface area (Å²) in [5.41, 5.74) is 5.26. The second-order valence-corrected chi connectivity index (χ2v) is 24.0. The van der Waals surface area contributed by atoms with Crippen LogP contribution in [0.25, 0.3) is 11.3 Å². The van der Waals surface area contributed by atoms with Gasteiger partial charge in [0.05, 0.1) is 59.1 Å². The molecule has 0 aliphatic carbocycles. The number of ether oxygens (including phenoxy) is 6. The van der Waals surface area contributed by atoms with Crippen molar-refractivity contribution in [3.05, 3.63) is 60.3 Å². The molecule has 20 heteroatoms. The van der Waals surface area contributed by atoms with Crippen LogP contribution in [0.5, 0.6) is 0 Å². The highest BCUT2D eigenvalue weighted by molar-refractivity contribution is 5.93. The lowest BCUT2D eigenvalue weighted by Crippen LogP contribution is -2.60. The third kappa shape index (κ3) is 16.1. The number of anilines is 2. The number of amides is 1. The number of aliphatic hydroxyl groups excluding tert-OH is 3. The number of cyclic esters (lactones) is 1. The highest BCUT2D eigenvalue weighted by atomic mass is 16.7. The molecule has 3 fully saturated rings. The Kier molecular flexibility index (Phi) is 22.5. The average molecular weight is 1110 g/mol. The number of rotatable bonds is 18. The van der Waals surface area contributed by atoms with Crippen LogP contribution >= 0.6 is 0 Å². The van der Waals surface area contributed by atoms with Crippen LogP contribution < -0.4 is 11.1 Å². The first-order chi connectivity index (χ1) is 37.2. The second-order valence-electron chi connectivity index (χ2n) is 24.0. The Balaban J connectivity index is 1.16. The van der Waals surface area contributed by atoms with Gasteiger partial charge in [-0.3, -0.25) is 19.2 Å². The summed E-state index contributed by atoms with van der Waals surface area (Å²) in [5, 5.41) is 71.6. The SMILES string of the molecule is CC[C@H]1OC(=O)[C@H](C)[C@@H](O[C@H]2C[C@@](C)(OC)[C@@H](O)[C@H](C)O2)[C@H](C)[C@@H](O[C@@H]2O[C@H](C)C[C@H](N(C)Cc3ccc(-c4cn(CCCCCCC(=O)Nc5ccccc5N)nn4)cc3)[C@@H]2O)[C@](C)(O)C[C@@H](C)CN(C)[C@H](C)[C@@H](O)[C@]1(C)O. The van der Waals surface area contributed by atoms with Gasteiger partial charge < -0.3 is 69.9 Å². The van der Waals surface area contributed by atoms with E-state index >= 15 is 0 Å². The Morgan fingerprint density at radius 2 is 1.61 bits per heavy atom. The molecular weight excluding hydrogens is 1010 g/mol. The molecule has 0 unspecified atom stereocenters. The van der Waals surface area contributed by atoms with E-state index in [0.717, 1.165) is 42.5 Å². The number of hydrogen-bond donors (Lipinski definition) is 7. The fourth-order valence-electron chi connectivity index (χ4n) is 12.1. The molecule has 20 nitrogen and oxygen atoms in total. The van der Waals surface area contributed by atoms with Gasteiger partial charge in [0.2, 0.25) is 5.91 Å². The molecule has 79 heavy (non-hydrogen) atoms. The van der Waals surface area contributed by atoms with E-state index < -0.39 is 102 Å². The number of esters is 1. The van der Waals surface area contributed by atoms with Crippen molar-refractivity contribution in [1.29, 1.82) is 0 Å². The molecule has 3 saturated heterocycles. The fourth-order valence-corrected chi connectivity index (χ4v) is 12.1. The second kappa shape index (κ2) is 27.7. The van der Waals surface area contributed by atoms with Crippen molar-refractivity contribution >= 4 is 23.3 Å². The van der Waals surface area contributed by atoms with E-state index in [4.69, 9.17) is 34.2 Å². The molecule has 2 aromatic carbocycles. The molecule has 0 saturated carbocycles. The van der Waals surface area contributed by atoms with Gasteiger partial charge in [-0.1, -0.05) is 75.2 Å². The standard InChI is InChI=1S/C59H95N7O13/c1-14-47-59(10,73)52(69)39(6)64(11)32-35(2)30-57(8,72)54(37(4)51(38(5)55(71)77-47)78-49-31-58(9,74-13)53(70)40(7)76-49)79-56-50(68)46(29-36(3)75-56)65(12)33-41-24-26-42(27-25-41)45-34-66(63-62-45)28-20-16-15-17-23-48(67)61-44-22-19-18-21-43(44)60/h18-19,21-22,24-27,34-40,46-47,49-54,56,68-70,72-73H,14-17,20,23,28-33,60H2,1-13H3,(H,61,67)/t35-,36-,37+,38-,39-,40+,46+,47-,49+,50+,51+,52-,53+,54-,56+,57-,58-,59-/m1/s1. The molecule has 0 radical (unpaired) electrons. The van der Waals surface area contributed by atoms with Crippen LogP contribution in [0.15, 0.2) is 54.7 Å². The lowest BCUT2D eigenvalue weighted by atomic mass is 9.77. The molecule has 444 valence electrons. The van der Waals surface area contributed by atoms with Gasteiger partial charge in [0, 0.05) is 63.2 Å². The molecule has 0 bridgehead atoms. The molecule has 8 N–H and O–H groups in total. The Morgan fingerprint density at radius 3 is 2.28 bits per heavy atom. The minimum Gasteiger partial charge on any atom is -0.459 e. The molecular formula is C59H95N7O13. The van der Waals surface area contributed by atoms with Crippen LogP contribution in [0.3, 0.4) is 0 Å². The van der Waals surface area contributed by atoms with Crippen molar-refractivity contribution in [2.75, 3.05) is 38.8 Å². The van der Waals surface area contributed by atoms with Gasteiger partial charge in [-0.15, -0.1) is 5.10 Å². The molecule has 6 rings (SSSR count). The van der Waals surface area contributed by atoms with Crippen LogP contribution in [-0.4, -0.2) is 180 Å². The van der Waals surface area contributed by atoms with Crippen LogP contribution in [0.2, 0.25) is 0 Å². The Hall–Kier alpha value is -4.16. The van der Waals surface area contributed by atoms with Crippen molar-refractivity contribution in [3.63, 3.8) is 0 Å².